The van der Waals surface area contributed by atoms with E-state index >= 15 is 0 Å². The molecule has 1 aromatic carbocycles. The van der Waals surface area contributed by atoms with Gasteiger partial charge >= 0.3 is 5.69 Å². The largest absolute Gasteiger partial charge is 0.368 e. The van der Waals surface area contributed by atoms with Crippen molar-refractivity contribution < 1.29 is 4.92 Å². The molecule has 1 aliphatic rings. The fourth-order valence-corrected chi connectivity index (χ4v) is 3.83. The molecule has 9 nitrogen and oxygen atoms in total. The van der Waals surface area contributed by atoms with Crippen LogP contribution in [0, 0.1) is 30.9 Å². The summed E-state index contributed by atoms with van der Waals surface area (Å²) in [7, 11) is 0. The monoisotopic (exact) mass is 419 g/mol. The van der Waals surface area contributed by atoms with Crippen LogP contribution in [-0.2, 0) is 0 Å². The fourth-order valence-electron chi connectivity index (χ4n) is 3.83. The molecular formula is C22H25N7O2. The molecular weight excluding hydrogens is 394 g/mol. The maximum atomic E-state index is 12.0. The molecule has 31 heavy (non-hydrogen) atoms. The predicted molar refractivity (Wildman–Crippen MR) is 121 cm³/mol. The van der Waals surface area contributed by atoms with E-state index in [0.717, 1.165) is 18.7 Å². The number of hydrogen-bond acceptors (Lipinski definition) is 8. The van der Waals surface area contributed by atoms with Gasteiger partial charge in [0.2, 0.25) is 11.6 Å². The Morgan fingerprint density at radius 3 is 2.32 bits per heavy atom. The van der Waals surface area contributed by atoms with E-state index in [2.05, 4.69) is 57.2 Å². The van der Waals surface area contributed by atoms with Crippen LogP contribution in [0.2, 0.25) is 0 Å². The second-order valence-electron chi connectivity index (χ2n) is 7.64. The minimum Gasteiger partial charge on any atom is -0.368 e. The lowest BCUT2D eigenvalue weighted by molar-refractivity contribution is -0.383. The molecule has 2 aromatic heterocycles. The number of pyridine rings is 1. The summed E-state index contributed by atoms with van der Waals surface area (Å²) in [6.45, 7) is 8.90. The average molecular weight is 419 g/mol. The minimum absolute atomic E-state index is 0.132. The summed E-state index contributed by atoms with van der Waals surface area (Å²) in [5.74, 6) is 1.01. The fraction of sp³-hybridized carbons (Fsp3) is 0.318. The highest BCUT2D eigenvalue weighted by molar-refractivity contribution is 5.74. The number of piperazine rings is 1. The van der Waals surface area contributed by atoms with Gasteiger partial charge in [0.25, 0.3) is 0 Å². The van der Waals surface area contributed by atoms with Crippen LogP contribution in [0.25, 0.3) is 0 Å². The van der Waals surface area contributed by atoms with Crippen molar-refractivity contribution in [3.05, 3.63) is 69.7 Å². The number of rotatable bonds is 5. The number of nitro groups is 1. The number of aryl methyl sites for hydroxylation is 2. The molecule has 0 radical (unpaired) electrons. The van der Waals surface area contributed by atoms with E-state index in [1.807, 2.05) is 24.0 Å². The van der Waals surface area contributed by atoms with Gasteiger partial charge in [-0.15, -0.1) is 0 Å². The predicted octanol–water partition coefficient (Wildman–Crippen LogP) is 3.78. The van der Waals surface area contributed by atoms with Gasteiger partial charge in [-0.2, -0.15) is 0 Å². The molecule has 0 bridgehead atoms. The Morgan fingerprint density at radius 1 is 0.903 bits per heavy atom. The van der Waals surface area contributed by atoms with Crippen molar-refractivity contribution in [2.75, 3.05) is 41.3 Å². The van der Waals surface area contributed by atoms with Crippen LogP contribution in [0.1, 0.15) is 16.7 Å². The minimum atomic E-state index is -0.424. The zero-order chi connectivity index (χ0) is 22.0. The summed E-state index contributed by atoms with van der Waals surface area (Å²) in [5.41, 5.74) is 4.48. The van der Waals surface area contributed by atoms with Crippen molar-refractivity contribution in [1.29, 1.82) is 0 Å². The zero-order valence-corrected chi connectivity index (χ0v) is 17.9. The van der Waals surface area contributed by atoms with Crippen LogP contribution in [0.3, 0.4) is 0 Å². The Bertz CT molecular complexity index is 1110. The lowest BCUT2D eigenvalue weighted by Gasteiger charge is -2.37. The molecule has 0 spiro atoms. The third-order valence-electron chi connectivity index (χ3n) is 5.73. The first kappa shape index (κ1) is 20.5. The lowest BCUT2D eigenvalue weighted by atomic mass is 10.1. The highest BCUT2D eigenvalue weighted by atomic mass is 16.6. The number of nitrogens with one attached hydrogen (secondary N) is 1. The van der Waals surface area contributed by atoms with Crippen LogP contribution >= 0.6 is 0 Å². The molecule has 9 heteroatoms. The summed E-state index contributed by atoms with van der Waals surface area (Å²) in [6, 6.07) is 10.0. The Morgan fingerprint density at radius 2 is 1.61 bits per heavy atom. The van der Waals surface area contributed by atoms with Crippen LogP contribution in [0.15, 0.2) is 42.9 Å². The van der Waals surface area contributed by atoms with Gasteiger partial charge in [0.1, 0.15) is 12.1 Å². The Balaban J connectivity index is 1.58. The van der Waals surface area contributed by atoms with E-state index in [0.29, 0.717) is 24.7 Å². The Kier molecular flexibility index (Phi) is 5.66. The third kappa shape index (κ3) is 4.11. The number of benzene rings is 1. The lowest BCUT2D eigenvalue weighted by Crippen LogP contribution is -2.47. The molecule has 160 valence electrons. The molecule has 1 aliphatic heterocycles. The van der Waals surface area contributed by atoms with Gasteiger partial charge in [0.05, 0.1) is 4.92 Å². The normalized spacial score (nSPS) is 13.9. The highest BCUT2D eigenvalue weighted by Gasteiger charge is 2.30. The number of aromatic nitrogens is 3. The molecule has 0 atom stereocenters. The Labute approximate surface area is 180 Å². The summed E-state index contributed by atoms with van der Waals surface area (Å²) in [5, 5.41) is 15.0. The first-order chi connectivity index (χ1) is 15.0. The second kappa shape index (κ2) is 8.55. The van der Waals surface area contributed by atoms with E-state index in [-0.39, 0.29) is 11.5 Å². The first-order valence-electron chi connectivity index (χ1n) is 10.2. The molecule has 0 aliphatic carbocycles. The molecule has 0 saturated carbocycles. The molecule has 1 N–H and O–H groups in total. The molecule has 4 rings (SSSR count). The smallest absolute Gasteiger partial charge is 0.353 e. The van der Waals surface area contributed by atoms with Gasteiger partial charge in [0, 0.05) is 38.1 Å². The van der Waals surface area contributed by atoms with E-state index in [1.54, 1.807) is 6.20 Å². The number of hydrogen-bond donors (Lipinski definition) is 1. The van der Waals surface area contributed by atoms with E-state index in [9.17, 15) is 10.1 Å². The van der Waals surface area contributed by atoms with Crippen molar-refractivity contribution in [2.45, 2.75) is 20.8 Å². The average Bonchev–Trinajstić information content (AvgIpc) is 2.77. The van der Waals surface area contributed by atoms with Gasteiger partial charge in [-0.25, -0.2) is 15.0 Å². The van der Waals surface area contributed by atoms with Crippen molar-refractivity contribution in [1.82, 2.24) is 15.0 Å². The molecule has 3 aromatic rings. The quantitative estimate of drug-likeness (QED) is 0.493. The van der Waals surface area contributed by atoms with Crippen molar-refractivity contribution in [3.63, 3.8) is 0 Å². The first-order valence-corrected chi connectivity index (χ1v) is 10.2. The van der Waals surface area contributed by atoms with Crippen molar-refractivity contribution in [3.8, 4) is 0 Å². The van der Waals surface area contributed by atoms with Gasteiger partial charge in [0.15, 0.2) is 0 Å². The van der Waals surface area contributed by atoms with Gasteiger partial charge in [-0.1, -0.05) is 18.2 Å². The maximum absolute atomic E-state index is 12.0. The Hall–Kier alpha value is -3.75. The van der Waals surface area contributed by atoms with E-state index < -0.39 is 4.92 Å². The molecule has 0 amide bonds. The van der Waals surface area contributed by atoms with Crippen LogP contribution in [-0.4, -0.2) is 46.1 Å². The maximum Gasteiger partial charge on any atom is 0.353 e. The summed E-state index contributed by atoms with van der Waals surface area (Å²) < 4.78 is 0. The molecule has 1 fully saturated rings. The zero-order valence-electron chi connectivity index (χ0n) is 17.9. The number of anilines is 4. The second-order valence-corrected chi connectivity index (χ2v) is 7.64. The standard InChI is InChI=1S/C22H25N7O2/c1-15-6-4-8-18(17(15)3)27-10-12-28(13-11-27)22-19(29(30)31)21(24-14-25-22)26-20-16(2)7-5-9-23-20/h4-9,14H,10-13H2,1-3H3,(H,23,24,25,26). The third-order valence-corrected chi connectivity index (χ3v) is 5.73. The van der Waals surface area contributed by atoms with Gasteiger partial charge in [-0.05, 0) is 49.6 Å². The molecule has 0 unspecified atom stereocenters. The van der Waals surface area contributed by atoms with Crippen LogP contribution < -0.4 is 15.1 Å². The summed E-state index contributed by atoms with van der Waals surface area (Å²) in [6.07, 6.45) is 3.00. The van der Waals surface area contributed by atoms with Crippen LogP contribution in [0.4, 0.5) is 28.8 Å². The van der Waals surface area contributed by atoms with E-state index in [1.165, 1.54) is 23.1 Å². The summed E-state index contributed by atoms with van der Waals surface area (Å²) >= 11 is 0. The van der Waals surface area contributed by atoms with E-state index in [4.69, 9.17) is 0 Å². The molecule has 3 heterocycles. The summed E-state index contributed by atoms with van der Waals surface area (Å²) in [4.78, 5) is 28.5. The van der Waals surface area contributed by atoms with Crippen molar-refractivity contribution >= 4 is 28.8 Å². The topological polar surface area (TPSA) is 100 Å². The van der Waals surface area contributed by atoms with Crippen LogP contribution in [0.5, 0.6) is 0 Å². The molecule has 1 saturated heterocycles. The van der Waals surface area contributed by atoms with Gasteiger partial charge < -0.3 is 15.1 Å². The number of nitrogens with zero attached hydrogens (tertiary/aromatic N) is 6. The van der Waals surface area contributed by atoms with Crippen molar-refractivity contribution in [2.24, 2.45) is 0 Å². The van der Waals surface area contributed by atoms with Gasteiger partial charge in [-0.3, -0.25) is 10.1 Å². The highest BCUT2D eigenvalue weighted by Crippen LogP contribution is 2.34. The SMILES string of the molecule is Cc1cccnc1Nc1ncnc(N2CCN(c3cccc(C)c3C)CC2)c1[N+](=O)[O-].